The van der Waals surface area contributed by atoms with Gasteiger partial charge in [-0.3, -0.25) is 4.79 Å². The van der Waals surface area contributed by atoms with Crippen molar-refractivity contribution in [1.29, 1.82) is 0 Å². The lowest BCUT2D eigenvalue weighted by molar-refractivity contribution is -0.117. The molecule has 0 atom stereocenters. The molecule has 1 aliphatic rings. The van der Waals surface area contributed by atoms with Gasteiger partial charge in [-0.05, 0) is 43.1 Å². The maximum Gasteiger partial charge on any atom is 0.224 e. The minimum Gasteiger partial charge on any atom is -0.326 e. The average molecular weight is 218 g/mol. The van der Waals surface area contributed by atoms with Crippen molar-refractivity contribution in [2.24, 2.45) is 5.92 Å². The topological polar surface area (TPSA) is 41.1 Å². The van der Waals surface area contributed by atoms with Gasteiger partial charge in [0.05, 0.1) is 0 Å². The lowest BCUT2D eigenvalue weighted by Gasteiger charge is -2.26. The minimum atomic E-state index is 0.125. The van der Waals surface area contributed by atoms with Crippen LogP contribution in [0.15, 0.2) is 24.3 Å². The number of carbonyl (C=O) groups excluding carboxylic acids is 1. The molecule has 0 saturated carbocycles. The first-order chi connectivity index (χ1) is 7.78. The maximum absolute atomic E-state index is 11.7. The van der Waals surface area contributed by atoms with Gasteiger partial charge in [-0.25, -0.2) is 0 Å². The molecule has 1 saturated heterocycles. The van der Waals surface area contributed by atoms with E-state index in [0.717, 1.165) is 25.2 Å². The van der Waals surface area contributed by atoms with Crippen LogP contribution in [0.25, 0.3) is 0 Å². The molecule has 1 aliphatic heterocycles. The molecule has 16 heavy (non-hydrogen) atoms. The Bertz CT molecular complexity index is 372. The Morgan fingerprint density at radius 2 is 2.31 bits per heavy atom. The third-order valence-corrected chi connectivity index (χ3v) is 2.96. The van der Waals surface area contributed by atoms with Gasteiger partial charge in [0.1, 0.15) is 0 Å². The van der Waals surface area contributed by atoms with Gasteiger partial charge in [0.15, 0.2) is 0 Å². The number of benzene rings is 1. The largest absolute Gasteiger partial charge is 0.326 e. The van der Waals surface area contributed by atoms with E-state index in [1.165, 1.54) is 5.56 Å². The Kier molecular flexibility index (Phi) is 3.57. The van der Waals surface area contributed by atoms with Crippen molar-refractivity contribution in [2.45, 2.75) is 19.8 Å². The van der Waals surface area contributed by atoms with E-state index in [1.807, 2.05) is 18.2 Å². The van der Waals surface area contributed by atoms with Gasteiger partial charge in [-0.1, -0.05) is 19.1 Å². The van der Waals surface area contributed by atoms with Crippen molar-refractivity contribution in [2.75, 3.05) is 18.4 Å². The standard InChI is InChI=1S/C13H18N2O/c1-2-10-4-3-5-12(6-10)15-13(16)7-11-8-14-9-11/h3-6,11,14H,2,7-9H2,1H3,(H,15,16). The molecule has 2 rings (SSSR count). The Morgan fingerprint density at radius 1 is 1.50 bits per heavy atom. The highest BCUT2D eigenvalue weighted by molar-refractivity contribution is 5.91. The van der Waals surface area contributed by atoms with Crippen molar-refractivity contribution in [3.05, 3.63) is 29.8 Å². The van der Waals surface area contributed by atoms with Crippen LogP contribution in [0, 0.1) is 5.92 Å². The quantitative estimate of drug-likeness (QED) is 0.809. The second-order valence-corrected chi connectivity index (χ2v) is 4.33. The summed E-state index contributed by atoms with van der Waals surface area (Å²) in [5.41, 5.74) is 2.17. The third kappa shape index (κ3) is 2.83. The second kappa shape index (κ2) is 5.12. The summed E-state index contributed by atoms with van der Waals surface area (Å²) in [6, 6.07) is 8.04. The predicted molar refractivity (Wildman–Crippen MR) is 65.4 cm³/mol. The molecule has 0 unspecified atom stereocenters. The summed E-state index contributed by atoms with van der Waals surface area (Å²) in [6.45, 7) is 4.06. The van der Waals surface area contributed by atoms with Gasteiger partial charge >= 0.3 is 0 Å². The van der Waals surface area contributed by atoms with Gasteiger partial charge in [0.25, 0.3) is 0 Å². The van der Waals surface area contributed by atoms with Crippen molar-refractivity contribution in [1.82, 2.24) is 5.32 Å². The average Bonchev–Trinajstić information content (AvgIpc) is 2.24. The highest BCUT2D eigenvalue weighted by atomic mass is 16.1. The van der Waals surface area contributed by atoms with Crippen molar-refractivity contribution < 1.29 is 4.79 Å². The molecule has 0 aromatic heterocycles. The Labute approximate surface area is 96.2 Å². The number of hydrogen-bond acceptors (Lipinski definition) is 2. The lowest BCUT2D eigenvalue weighted by atomic mass is 9.99. The van der Waals surface area contributed by atoms with Crippen LogP contribution in [0.1, 0.15) is 18.9 Å². The van der Waals surface area contributed by atoms with Crippen molar-refractivity contribution in [3.8, 4) is 0 Å². The Morgan fingerprint density at radius 3 is 2.94 bits per heavy atom. The molecule has 0 aliphatic carbocycles. The van der Waals surface area contributed by atoms with E-state index in [9.17, 15) is 4.79 Å². The van der Waals surface area contributed by atoms with E-state index in [0.29, 0.717) is 12.3 Å². The summed E-state index contributed by atoms with van der Waals surface area (Å²) in [6.07, 6.45) is 1.62. The van der Waals surface area contributed by atoms with Crippen LogP contribution in [0.5, 0.6) is 0 Å². The van der Waals surface area contributed by atoms with Crippen LogP contribution >= 0.6 is 0 Å². The van der Waals surface area contributed by atoms with E-state index >= 15 is 0 Å². The Hall–Kier alpha value is -1.35. The highest BCUT2D eigenvalue weighted by Crippen LogP contribution is 2.14. The zero-order valence-electron chi connectivity index (χ0n) is 9.62. The normalized spacial score (nSPS) is 15.6. The molecule has 1 heterocycles. The molecule has 0 spiro atoms. The fourth-order valence-corrected chi connectivity index (χ4v) is 1.84. The van der Waals surface area contributed by atoms with Crippen molar-refractivity contribution >= 4 is 11.6 Å². The number of hydrogen-bond donors (Lipinski definition) is 2. The summed E-state index contributed by atoms with van der Waals surface area (Å²) in [7, 11) is 0. The molecule has 1 aromatic rings. The number of amides is 1. The molecule has 3 nitrogen and oxygen atoms in total. The third-order valence-electron chi connectivity index (χ3n) is 2.96. The molecule has 86 valence electrons. The molecule has 0 radical (unpaired) electrons. The molecule has 0 bridgehead atoms. The van der Waals surface area contributed by atoms with Gasteiger partial charge in [0, 0.05) is 12.1 Å². The lowest BCUT2D eigenvalue weighted by Crippen LogP contribution is -2.43. The Balaban J connectivity index is 1.89. The van der Waals surface area contributed by atoms with Crippen LogP contribution in [-0.2, 0) is 11.2 Å². The number of anilines is 1. The molecular formula is C13H18N2O. The van der Waals surface area contributed by atoms with Gasteiger partial charge in [-0.15, -0.1) is 0 Å². The molecule has 1 fully saturated rings. The van der Waals surface area contributed by atoms with Crippen molar-refractivity contribution in [3.63, 3.8) is 0 Å². The number of aryl methyl sites for hydroxylation is 1. The van der Waals surface area contributed by atoms with E-state index in [1.54, 1.807) is 0 Å². The second-order valence-electron chi connectivity index (χ2n) is 4.33. The maximum atomic E-state index is 11.7. The highest BCUT2D eigenvalue weighted by Gasteiger charge is 2.19. The fraction of sp³-hybridized carbons (Fsp3) is 0.462. The summed E-state index contributed by atoms with van der Waals surface area (Å²) in [5, 5.41) is 6.12. The van der Waals surface area contributed by atoms with E-state index in [2.05, 4.69) is 23.6 Å². The van der Waals surface area contributed by atoms with E-state index < -0.39 is 0 Å². The summed E-state index contributed by atoms with van der Waals surface area (Å²) >= 11 is 0. The number of carbonyl (C=O) groups is 1. The summed E-state index contributed by atoms with van der Waals surface area (Å²) in [5.74, 6) is 0.647. The first-order valence-electron chi connectivity index (χ1n) is 5.87. The zero-order valence-corrected chi connectivity index (χ0v) is 9.62. The number of nitrogens with one attached hydrogen (secondary N) is 2. The van der Waals surface area contributed by atoms with Gasteiger partial charge < -0.3 is 10.6 Å². The fourth-order valence-electron chi connectivity index (χ4n) is 1.84. The minimum absolute atomic E-state index is 0.125. The van der Waals surface area contributed by atoms with Gasteiger partial charge in [0.2, 0.25) is 5.91 Å². The molecular weight excluding hydrogens is 200 g/mol. The number of rotatable bonds is 4. The van der Waals surface area contributed by atoms with Crippen LogP contribution in [-0.4, -0.2) is 19.0 Å². The smallest absolute Gasteiger partial charge is 0.224 e. The summed E-state index contributed by atoms with van der Waals surface area (Å²) < 4.78 is 0. The van der Waals surface area contributed by atoms with Crippen LogP contribution in [0.3, 0.4) is 0 Å². The van der Waals surface area contributed by atoms with Gasteiger partial charge in [-0.2, -0.15) is 0 Å². The van der Waals surface area contributed by atoms with Crippen LogP contribution in [0.4, 0.5) is 5.69 Å². The van der Waals surface area contributed by atoms with Crippen LogP contribution < -0.4 is 10.6 Å². The molecule has 1 aromatic carbocycles. The monoisotopic (exact) mass is 218 g/mol. The summed E-state index contributed by atoms with van der Waals surface area (Å²) in [4.78, 5) is 11.7. The van der Waals surface area contributed by atoms with Crippen LogP contribution in [0.2, 0.25) is 0 Å². The molecule has 3 heteroatoms. The zero-order chi connectivity index (χ0) is 11.4. The SMILES string of the molecule is CCc1cccc(NC(=O)CC2CNC2)c1. The van der Waals surface area contributed by atoms with E-state index in [4.69, 9.17) is 0 Å². The molecule has 1 amide bonds. The predicted octanol–water partition coefficient (Wildman–Crippen LogP) is 1.80. The van der Waals surface area contributed by atoms with E-state index in [-0.39, 0.29) is 5.91 Å². The first kappa shape index (κ1) is 11.1. The molecule has 2 N–H and O–H groups in total. The first-order valence-corrected chi connectivity index (χ1v) is 5.87.